The molecule has 0 bridgehead atoms. The SMILES string of the molecule is COC(=O)c1cc(OCc2ccccc2)cc(OC)c1Br. The largest absolute Gasteiger partial charge is 0.495 e. The topological polar surface area (TPSA) is 44.8 Å². The Balaban J connectivity index is 2.25. The summed E-state index contributed by atoms with van der Waals surface area (Å²) in [5, 5.41) is 0. The molecule has 2 aromatic carbocycles. The number of carbonyl (C=O) groups excluding carboxylic acids is 1. The summed E-state index contributed by atoms with van der Waals surface area (Å²) in [6.45, 7) is 0.409. The highest BCUT2D eigenvalue weighted by molar-refractivity contribution is 9.10. The van der Waals surface area contributed by atoms with Crippen LogP contribution in [0.4, 0.5) is 0 Å². The highest BCUT2D eigenvalue weighted by atomic mass is 79.9. The van der Waals surface area contributed by atoms with Crippen LogP contribution in [0.3, 0.4) is 0 Å². The molecular formula is C16H15BrO4. The Labute approximate surface area is 131 Å². The third-order valence-corrected chi connectivity index (χ3v) is 3.70. The van der Waals surface area contributed by atoms with E-state index in [1.165, 1.54) is 14.2 Å². The first-order valence-corrected chi connectivity index (χ1v) is 7.07. The molecule has 4 nitrogen and oxygen atoms in total. The van der Waals surface area contributed by atoms with Crippen LogP contribution in [0.25, 0.3) is 0 Å². The molecule has 2 aromatic rings. The Hall–Kier alpha value is -2.01. The van der Waals surface area contributed by atoms with Crippen molar-refractivity contribution in [3.05, 3.63) is 58.1 Å². The van der Waals surface area contributed by atoms with Gasteiger partial charge in [0.15, 0.2) is 0 Å². The first-order valence-electron chi connectivity index (χ1n) is 6.28. The molecule has 0 fully saturated rings. The lowest BCUT2D eigenvalue weighted by molar-refractivity contribution is 0.0598. The van der Waals surface area contributed by atoms with E-state index in [0.29, 0.717) is 28.1 Å². The maximum atomic E-state index is 11.8. The molecular weight excluding hydrogens is 336 g/mol. The summed E-state index contributed by atoms with van der Waals surface area (Å²) in [5.41, 5.74) is 1.40. The van der Waals surface area contributed by atoms with E-state index in [0.717, 1.165) is 5.56 Å². The number of esters is 1. The third kappa shape index (κ3) is 3.76. The molecule has 0 aliphatic heterocycles. The van der Waals surface area contributed by atoms with Crippen molar-refractivity contribution in [3.63, 3.8) is 0 Å². The molecule has 0 amide bonds. The van der Waals surface area contributed by atoms with Crippen LogP contribution in [-0.2, 0) is 11.3 Å². The van der Waals surface area contributed by atoms with Crippen molar-refractivity contribution in [2.24, 2.45) is 0 Å². The second-order valence-electron chi connectivity index (χ2n) is 4.25. The number of benzene rings is 2. The van der Waals surface area contributed by atoms with E-state index in [9.17, 15) is 4.79 Å². The van der Waals surface area contributed by atoms with Crippen LogP contribution in [0.2, 0.25) is 0 Å². The number of methoxy groups -OCH3 is 2. The van der Waals surface area contributed by atoms with Crippen molar-refractivity contribution < 1.29 is 19.0 Å². The van der Waals surface area contributed by atoms with Gasteiger partial charge in [0.1, 0.15) is 18.1 Å². The smallest absolute Gasteiger partial charge is 0.339 e. The number of hydrogen-bond acceptors (Lipinski definition) is 4. The maximum Gasteiger partial charge on any atom is 0.339 e. The van der Waals surface area contributed by atoms with E-state index in [4.69, 9.17) is 14.2 Å². The van der Waals surface area contributed by atoms with E-state index in [1.54, 1.807) is 12.1 Å². The monoisotopic (exact) mass is 350 g/mol. The van der Waals surface area contributed by atoms with Gasteiger partial charge in [0.05, 0.1) is 24.3 Å². The molecule has 0 atom stereocenters. The molecule has 0 aliphatic carbocycles. The molecule has 5 heteroatoms. The number of ether oxygens (including phenoxy) is 3. The zero-order valence-electron chi connectivity index (χ0n) is 11.8. The minimum Gasteiger partial charge on any atom is -0.495 e. The molecule has 2 rings (SSSR count). The van der Waals surface area contributed by atoms with Gasteiger partial charge in [-0.2, -0.15) is 0 Å². The summed E-state index contributed by atoms with van der Waals surface area (Å²) in [4.78, 5) is 11.8. The Morgan fingerprint density at radius 1 is 1.14 bits per heavy atom. The normalized spacial score (nSPS) is 10.0. The molecule has 0 spiro atoms. The van der Waals surface area contributed by atoms with Crippen molar-refractivity contribution in [1.82, 2.24) is 0 Å². The predicted octanol–water partition coefficient (Wildman–Crippen LogP) is 3.82. The molecule has 110 valence electrons. The summed E-state index contributed by atoms with van der Waals surface area (Å²) >= 11 is 3.33. The number of carbonyl (C=O) groups is 1. The summed E-state index contributed by atoms with van der Waals surface area (Å²) in [6, 6.07) is 13.1. The minimum atomic E-state index is -0.453. The zero-order valence-corrected chi connectivity index (χ0v) is 13.3. The highest BCUT2D eigenvalue weighted by Gasteiger charge is 2.17. The molecule has 0 heterocycles. The predicted molar refractivity (Wildman–Crippen MR) is 82.8 cm³/mol. The Bertz CT molecular complexity index is 626. The van der Waals surface area contributed by atoms with Crippen LogP contribution < -0.4 is 9.47 Å². The van der Waals surface area contributed by atoms with Crippen LogP contribution >= 0.6 is 15.9 Å². The molecule has 0 saturated carbocycles. The number of hydrogen-bond donors (Lipinski definition) is 0. The Morgan fingerprint density at radius 3 is 2.48 bits per heavy atom. The Kier molecular flexibility index (Phi) is 5.22. The van der Waals surface area contributed by atoms with Gasteiger partial charge >= 0.3 is 5.97 Å². The molecule has 0 aromatic heterocycles. The average molecular weight is 351 g/mol. The van der Waals surface area contributed by atoms with E-state index in [2.05, 4.69) is 15.9 Å². The van der Waals surface area contributed by atoms with Crippen LogP contribution in [0, 0.1) is 0 Å². The third-order valence-electron chi connectivity index (χ3n) is 2.89. The van der Waals surface area contributed by atoms with Gasteiger partial charge in [0.2, 0.25) is 0 Å². The van der Waals surface area contributed by atoms with Crippen LogP contribution in [0.5, 0.6) is 11.5 Å². The van der Waals surface area contributed by atoms with E-state index in [1.807, 2.05) is 30.3 Å². The number of rotatable bonds is 5. The first kappa shape index (κ1) is 15.4. The molecule has 0 unspecified atom stereocenters. The fourth-order valence-electron chi connectivity index (χ4n) is 1.80. The molecule has 0 saturated heterocycles. The van der Waals surface area contributed by atoms with Gasteiger partial charge in [-0.05, 0) is 27.6 Å². The van der Waals surface area contributed by atoms with E-state index in [-0.39, 0.29) is 0 Å². The van der Waals surface area contributed by atoms with Gasteiger partial charge in [0.25, 0.3) is 0 Å². The lowest BCUT2D eigenvalue weighted by Crippen LogP contribution is -2.05. The lowest BCUT2D eigenvalue weighted by atomic mass is 10.2. The van der Waals surface area contributed by atoms with Gasteiger partial charge in [-0.15, -0.1) is 0 Å². The van der Waals surface area contributed by atoms with Gasteiger partial charge in [0, 0.05) is 6.07 Å². The van der Waals surface area contributed by atoms with Gasteiger partial charge in [-0.1, -0.05) is 30.3 Å². The molecule has 21 heavy (non-hydrogen) atoms. The van der Waals surface area contributed by atoms with Crippen molar-refractivity contribution >= 4 is 21.9 Å². The standard InChI is InChI=1S/C16H15BrO4/c1-19-14-9-12(8-13(15(14)17)16(18)20-2)21-10-11-6-4-3-5-7-11/h3-9H,10H2,1-2H3. The minimum absolute atomic E-state index is 0.361. The summed E-state index contributed by atoms with van der Waals surface area (Å²) < 4.78 is 16.3. The first-order chi connectivity index (χ1) is 10.2. The van der Waals surface area contributed by atoms with Crippen LogP contribution in [0.1, 0.15) is 15.9 Å². The van der Waals surface area contributed by atoms with Gasteiger partial charge in [-0.25, -0.2) is 4.79 Å². The fourth-order valence-corrected chi connectivity index (χ4v) is 2.36. The van der Waals surface area contributed by atoms with Crippen molar-refractivity contribution in [3.8, 4) is 11.5 Å². The van der Waals surface area contributed by atoms with E-state index < -0.39 is 5.97 Å². The number of halogens is 1. The summed E-state index contributed by atoms with van der Waals surface area (Å²) in [5.74, 6) is 0.602. The molecule has 0 N–H and O–H groups in total. The summed E-state index contributed by atoms with van der Waals surface area (Å²) in [6.07, 6.45) is 0. The van der Waals surface area contributed by atoms with Crippen LogP contribution in [0.15, 0.2) is 46.9 Å². The Morgan fingerprint density at radius 2 is 1.86 bits per heavy atom. The maximum absolute atomic E-state index is 11.8. The van der Waals surface area contributed by atoms with Gasteiger partial charge in [-0.3, -0.25) is 0 Å². The van der Waals surface area contributed by atoms with Crippen molar-refractivity contribution in [2.75, 3.05) is 14.2 Å². The van der Waals surface area contributed by atoms with Gasteiger partial charge < -0.3 is 14.2 Å². The zero-order chi connectivity index (χ0) is 15.2. The summed E-state index contributed by atoms with van der Waals surface area (Å²) in [7, 11) is 2.86. The quantitative estimate of drug-likeness (QED) is 0.769. The van der Waals surface area contributed by atoms with Crippen molar-refractivity contribution in [2.45, 2.75) is 6.61 Å². The highest BCUT2D eigenvalue weighted by Crippen LogP contribution is 2.34. The molecule has 0 aliphatic rings. The fraction of sp³-hybridized carbons (Fsp3) is 0.188. The average Bonchev–Trinajstić information content (AvgIpc) is 2.54. The van der Waals surface area contributed by atoms with E-state index >= 15 is 0 Å². The van der Waals surface area contributed by atoms with Crippen LogP contribution in [-0.4, -0.2) is 20.2 Å². The second kappa shape index (κ2) is 7.13. The van der Waals surface area contributed by atoms with Crippen molar-refractivity contribution in [1.29, 1.82) is 0 Å². The lowest BCUT2D eigenvalue weighted by Gasteiger charge is -2.12. The second-order valence-corrected chi connectivity index (χ2v) is 5.05. The molecule has 0 radical (unpaired) electrons.